The van der Waals surface area contributed by atoms with Crippen LogP contribution in [0.5, 0.6) is 0 Å². The molecule has 0 aliphatic carbocycles. The minimum atomic E-state index is -0.664. The molecule has 0 heterocycles. The van der Waals surface area contributed by atoms with Crippen LogP contribution in [0.3, 0.4) is 0 Å². The number of halogens is 2. The zero-order valence-electron chi connectivity index (χ0n) is 15.6. The molecule has 144 valence electrons. The molecule has 5 heteroatoms. The molecule has 0 bridgehead atoms. The summed E-state index contributed by atoms with van der Waals surface area (Å²) in [6.45, 7) is 1.86. The van der Waals surface area contributed by atoms with E-state index in [-0.39, 0.29) is 24.1 Å². The Labute approximate surface area is 163 Å². The average molecular weight is 381 g/mol. The molecule has 0 aromatic heterocycles. The van der Waals surface area contributed by atoms with Gasteiger partial charge in [0.15, 0.2) is 6.54 Å². The SMILES string of the molecule is C[C@@H](NC(=O)C[NH2+]C(c1ccccc1)c1ccccc1)c1ccc(F)cc1F. The predicted octanol–water partition coefficient (Wildman–Crippen LogP) is 3.50. The highest BCUT2D eigenvalue weighted by Gasteiger charge is 2.20. The lowest BCUT2D eigenvalue weighted by Gasteiger charge is -2.18. The van der Waals surface area contributed by atoms with Gasteiger partial charge in [0.2, 0.25) is 0 Å². The average Bonchev–Trinajstić information content (AvgIpc) is 2.69. The van der Waals surface area contributed by atoms with Gasteiger partial charge in [-0.3, -0.25) is 4.79 Å². The largest absolute Gasteiger partial charge is 0.345 e. The first-order valence-corrected chi connectivity index (χ1v) is 9.22. The lowest BCUT2D eigenvalue weighted by atomic mass is 9.99. The molecule has 1 atom stereocenters. The zero-order chi connectivity index (χ0) is 19.9. The van der Waals surface area contributed by atoms with Crippen molar-refractivity contribution in [2.24, 2.45) is 0 Å². The first-order chi connectivity index (χ1) is 13.5. The van der Waals surface area contributed by atoms with Crippen molar-refractivity contribution in [2.75, 3.05) is 6.54 Å². The van der Waals surface area contributed by atoms with Gasteiger partial charge in [0, 0.05) is 22.8 Å². The van der Waals surface area contributed by atoms with E-state index in [2.05, 4.69) is 5.32 Å². The second kappa shape index (κ2) is 9.24. The fourth-order valence-electron chi connectivity index (χ4n) is 3.24. The number of benzene rings is 3. The number of carbonyl (C=O) groups excluding carboxylic acids is 1. The van der Waals surface area contributed by atoms with Crippen LogP contribution in [-0.4, -0.2) is 12.5 Å². The minimum absolute atomic E-state index is 0.0222. The first-order valence-electron chi connectivity index (χ1n) is 9.22. The Morgan fingerprint density at radius 3 is 2.04 bits per heavy atom. The standard InChI is InChI=1S/C23H22F2N2O/c1-16(20-13-12-19(24)14-21(20)25)27-22(28)15-26-23(17-8-4-2-5-9-17)18-10-6-3-7-11-18/h2-14,16,23,26H,15H2,1H3,(H,27,28)/p+1/t16-/m1/s1. The molecule has 3 N–H and O–H groups in total. The maximum absolute atomic E-state index is 13.9. The molecule has 28 heavy (non-hydrogen) atoms. The number of amides is 1. The molecule has 0 aliphatic heterocycles. The van der Waals surface area contributed by atoms with E-state index in [1.54, 1.807) is 6.92 Å². The second-order valence-electron chi connectivity index (χ2n) is 6.69. The Morgan fingerprint density at radius 2 is 1.50 bits per heavy atom. The quantitative estimate of drug-likeness (QED) is 0.647. The van der Waals surface area contributed by atoms with Gasteiger partial charge in [-0.1, -0.05) is 66.7 Å². The molecule has 0 spiro atoms. The van der Waals surface area contributed by atoms with Crippen LogP contribution >= 0.6 is 0 Å². The maximum Gasteiger partial charge on any atom is 0.275 e. The van der Waals surface area contributed by atoms with Crippen molar-refractivity contribution in [1.82, 2.24) is 5.32 Å². The van der Waals surface area contributed by atoms with Crippen LogP contribution in [0.4, 0.5) is 8.78 Å². The summed E-state index contributed by atoms with van der Waals surface area (Å²) < 4.78 is 27.0. The van der Waals surface area contributed by atoms with E-state index < -0.39 is 17.7 Å². The highest BCUT2D eigenvalue weighted by molar-refractivity contribution is 5.77. The molecule has 3 nitrogen and oxygen atoms in total. The van der Waals surface area contributed by atoms with Crippen molar-refractivity contribution < 1.29 is 18.9 Å². The van der Waals surface area contributed by atoms with Gasteiger partial charge in [-0.15, -0.1) is 0 Å². The summed E-state index contributed by atoms with van der Waals surface area (Å²) in [5.41, 5.74) is 2.45. The number of carbonyl (C=O) groups is 1. The van der Waals surface area contributed by atoms with E-state index in [9.17, 15) is 13.6 Å². The molecule has 0 saturated heterocycles. The van der Waals surface area contributed by atoms with Crippen LogP contribution in [0.2, 0.25) is 0 Å². The maximum atomic E-state index is 13.9. The van der Waals surface area contributed by atoms with Crippen LogP contribution in [0, 0.1) is 11.6 Å². The Hall–Kier alpha value is -3.05. The summed E-state index contributed by atoms with van der Waals surface area (Å²) in [4.78, 5) is 12.4. The molecule has 0 saturated carbocycles. The van der Waals surface area contributed by atoms with Crippen molar-refractivity contribution in [1.29, 1.82) is 0 Å². The Kier molecular flexibility index (Phi) is 6.50. The summed E-state index contributed by atoms with van der Waals surface area (Å²) in [7, 11) is 0. The third kappa shape index (κ3) is 5.02. The van der Waals surface area contributed by atoms with E-state index in [1.807, 2.05) is 66.0 Å². The van der Waals surface area contributed by atoms with Crippen molar-refractivity contribution in [2.45, 2.75) is 19.0 Å². The molecule has 3 aromatic carbocycles. The van der Waals surface area contributed by atoms with E-state index in [0.717, 1.165) is 17.2 Å². The number of hydrogen-bond acceptors (Lipinski definition) is 1. The van der Waals surface area contributed by atoms with Crippen molar-refractivity contribution in [3.05, 3.63) is 107 Å². The Morgan fingerprint density at radius 1 is 0.929 bits per heavy atom. The number of quaternary nitrogens is 1. The zero-order valence-corrected chi connectivity index (χ0v) is 15.6. The number of rotatable bonds is 7. The molecule has 3 aromatic rings. The third-order valence-electron chi connectivity index (χ3n) is 4.66. The molecule has 0 fully saturated rings. The highest BCUT2D eigenvalue weighted by Crippen LogP contribution is 2.18. The molecule has 1 amide bonds. The van der Waals surface area contributed by atoms with E-state index in [1.165, 1.54) is 12.1 Å². The molecule has 0 radical (unpaired) electrons. The van der Waals surface area contributed by atoms with Crippen LogP contribution in [0.1, 0.15) is 35.7 Å². The van der Waals surface area contributed by atoms with Crippen LogP contribution in [0.15, 0.2) is 78.9 Å². The van der Waals surface area contributed by atoms with Gasteiger partial charge >= 0.3 is 0 Å². The second-order valence-corrected chi connectivity index (χ2v) is 6.69. The summed E-state index contributed by atoms with van der Waals surface area (Å²) in [5.74, 6) is -1.52. The van der Waals surface area contributed by atoms with Crippen molar-refractivity contribution >= 4 is 5.91 Å². The van der Waals surface area contributed by atoms with E-state index in [0.29, 0.717) is 0 Å². The van der Waals surface area contributed by atoms with Crippen molar-refractivity contribution in [3.63, 3.8) is 0 Å². The van der Waals surface area contributed by atoms with Crippen LogP contribution < -0.4 is 10.6 Å². The summed E-state index contributed by atoms with van der Waals surface area (Å²) >= 11 is 0. The Balaban J connectivity index is 1.67. The monoisotopic (exact) mass is 381 g/mol. The van der Waals surface area contributed by atoms with Gasteiger partial charge < -0.3 is 10.6 Å². The van der Waals surface area contributed by atoms with E-state index in [4.69, 9.17) is 0 Å². The normalized spacial score (nSPS) is 12.0. The van der Waals surface area contributed by atoms with E-state index >= 15 is 0 Å². The van der Waals surface area contributed by atoms with Gasteiger partial charge in [0.1, 0.15) is 17.7 Å². The molecule has 0 unspecified atom stereocenters. The number of hydrogen-bond donors (Lipinski definition) is 2. The van der Waals surface area contributed by atoms with Crippen LogP contribution in [0.25, 0.3) is 0 Å². The van der Waals surface area contributed by atoms with Gasteiger partial charge in [-0.25, -0.2) is 8.78 Å². The lowest BCUT2D eigenvalue weighted by molar-refractivity contribution is -0.676. The summed E-state index contributed by atoms with van der Waals surface area (Å²) in [6.07, 6.45) is 0. The van der Waals surface area contributed by atoms with Crippen molar-refractivity contribution in [3.8, 4) is 0 Å². The molecule has 0 aliphatic rings. The lowest BCUT2D eigenvalue weighted by Crippen LogP contribution is -2.87. The molecular weight excluding hydrogens is 358 g/mol. The number of nitrogens with one attached hydrogen (secondary N) is 1. The fourth-order valence-corrected chi connectivity index (χ4v) is 3.24. The van der Waals surface area contributed by atoms with Gasteiger partial charge in [-0.2, -0.15) is 0 Å². The minimum Gasteiger partial charge on any atom is -0.345 e. The molecular formula is C23H23F2N2O+. The fraction of sp³-hybridized carbons (Fsp3) is 0.174. The number of nitrogens with two attached hydrogens (primary N) is 1. The van der Waals surface area contributed by atoms with Crippen LogP contribution in [-0.2, 0) is 4.79 Å². The first kappa shape index (κ1) is 19.7. The summed E-state index contributed by atoms with van der Waals surface area (Å²) in [5, 5.41) is 4.73. The smallest absolute Gasteiger partial charge is 0.275 e. The summed E-state index contributed by atoms with van der Waals surface area (Å²) in [6, 6.07) is 22.7. The highest BCUT2D eigenvalue weighted by atomic mass is 19.1. The predicted molar refractivity (Wildman–Crippen MR) is 104 cm³/mol. The van der Waals surface area contributed by atoms with Gasteiger partial charge in [-0.05, 0) is 13.0 Å². The van der Waals surface area contributed by atoms with Gasteiger partial charge in [0.05, 0.1) is 6.04 Å². The topological polar surface area (TPSA) is 45.7 Å². The Bertz CT molecular complexity index is 877. The molecule has 3 rings (SSSR count). The third-order valence-corrected chi connectivity index (χ3v) is 4.66. The van der Waals surface area contributed by atoms with Gasteiger partial charge in [0.25, 0.3) is 5.91 Å².